The summed E-state index contributed by atoms with van der Waals surface area (Å²) in [5.74, 6) is 0.952. The van der Waals surface area contributed by atoms with Crippen molar-refractivity contribution in [1.82, 2.24) is 10.0 Å². The van der Waals surface area contributed by atoms with Crippen LogP contribution in [0.1, 0.15) is 34.1 Å². The summed E-state index contributed by atoms with van der Waals surface area (Å²) >= 11 is 0. The molecule has 0 aromatic carbocycles. The average Bonchev–Trinajstić information content (AvgIpc) is 2.10. The van der Waals surface area contributed by atoms with Crippen LogP contribution in [-0.2, 0) is 10.0 Å². The highest BCUT2D eigenvalue weighted by molar-refractivity contribution is 14.0. The van der Waals surface area contributed by atoms with Gasteiger partial charge in [0.1, 0.15) is 0 Å². The monoisotopic (exact) mass is 406 g/mol. The molecule has 19 heavy (non-hydrogen) atoms. The molecule has 0 aliphatic carbocycles. The fourth-order valence-electron chi connectivity index (χ4n) is 1.36. The van der Waals surface area contributed by atoms with E-state index in [1.54, 1.807) is 13.8 Å². The van der Waals surface area contributed by atoms with Crippen molar-refractivity contribution in [1.29, 1.82) is 0 Å². The number of nitrogens with two attached hydrogens (primary N) is 1. The third kappa shape index (κ3) is 14.1. The Bertz CT molecular complexity index is 380. The first kappa shape index (κ1) is 21.2. The second kappa shape index (κ2) is 8.96. The van der Waals surface area contributed by atoms with Gasteiger partial charge in [0.05, 0.1) is 12.8 Å². The molecule has 0 saturated carbocycles. The van der Waals surface area contributed by atoms with Gasteiger partial charge in [-0.05, 0) is 26.2 Å². The maximum Gasteiger partial charge on any atom is 0.209 e. The van der Waals surface area contributed by atoms with Crippen molar-refractivity contribution in [3.63, 3.8) is 0 Å². The van der Waals surface area contributed by atoms with Crippen LogP contribution >= 0.6 is 24.0 Å². The molecule has 0 spiro atoms. The van der Waals surface area contributed by atoms with Crippen LogP contribution in [0.2, 0.25) is 0 Å². The van der Waals surface area contributed by atoms with Gasteiger partial charge in [-0.3, -0.25) is 4.99 Å². The molecule has 0 saturated heterocycles. The summed E-state index contributed by atoms with van der Waals surface area (Å²) in [6.45, 7) is 8.85. The second-order valence-corrected chi connectivity index (χ2v) is 7.32. The number of nitrogens with one attached hydrogen (secondary N) is 2. The van der Waals surface area contributed by atoms with E-state index in [4.69, 9.17) is 5.73 Å². The van der Waals surface area contributed by atoms with Gasteiger partial charge >= 0.3 is 0 Å². The molecule has 0 heterocycles. The molecule has 0 unspecified atom stereocenters. The smallest absolute Gasteiger partial charge is 0.209 e. The Balaban J connectivity index is 0. The molecular weight excluding hydrogens is 379 g/mol. The van der Waals surface area contributed by atoms with E-state index in [1.165, 1.54) is 0 Å². The summed E-state index contributed by atoms with van der Waals surface area (Å²) < 4.78 is 24.8. The van der Waals surface area contributed by atoms with E-state index in [1.807, 2.05) is 0 Å². The molecule has 0 aromatic heterocycles. The van der Waals surface area contributed by atoms with E-state index < -0.39 is 15.6 Å². The van der Waals surface area contributed by atoms with Crippen molar-refractivity contribution >= 4 is 40.0 Å². The van der Waals surface area contributed by atoms with Gasteiger partial charge in [-0.25, -0.2) is 13.1 Å². The van der Waals surface area contributed by atoms with Crippen molar-refractivity contribution < 1.29 is 8.42 Å². The van der Waals surface area contributed by atoms with E-state index in [9.17, 15) is 8.42 Å². The third-order valence-electron chi connectivity index (χ3n) is 2.13. The molecule has 0 radical (unpaired) electrons. The zero-order valence-corrected chi connectivity index (χ0v) is 15.5. The number of hydrogen-bond donors (Lipinski definition) is 3. The minimum Gasteiger partial charge on any atom is -0.370 e. The summed E-state index contributed by atoms with van der Waals surface area (Å²) in [5.41, 5.74) is 5.05. The zero-order valence-electron chi connectivity index (χ0n) is 12.4. The fraction of sp³-hybridized carbons (Fsp3) is 0.909. The standard InChI is InChI=1S/C11H26N4O2S.HI/c1-9(2)6-7-13-10(12)14-8-11(3,4)15-18(5,16)17;/h9,15H,6-8H2,1-5H3,(H3,12,13,14);1H. The minimum absolute atomic E-state index is 0. The normalized spacial score (nSPS) is 13.3. The highest BCUT2D eigenvalue weighted by Gasteiger charge is 2.21. The van der Waals surface area contributed by atoms with Crippen molar-refractivity contribution in [3.05, 3.63) is 0 Å². The molecule has 0 aromatic rings. The van der Waals surface area contributed by atoms with Crippen molar-refractivity contribution in [2.24, 2.45) is 16.6 Å². The predicted octanol–water partition coefficient (Wildman–Crippen LogP) is 0.883. The number of nitrogens with zero attached hydrogens (tertiary/aromatic N) is 1. The van der Waals surface area contributed by atoms with Gasteiger partial charge < -0.3 is 11.1 Å². The largest absolute Gasteiger partial charge is 0.370 e. The van der Waals surface area contributed by atoms with Crippen LogP contribution in [0.15, 0.2) is 4.99 Å². The predicted molar refractivity (Wildman–Crippen MR) is 91.4 cm³/mol. The number of hydrogen-bond acceptors (Lipinski definition) is 3. The summed E-state index contributed by atoms with van der Waals surface area (Å²) in [5, 5.41) is 3.00. The molecule has 8 heteroatoms. The molecular formula is C11H27IN4O2S. The first-order valence-electron chi connectivity index (χ1n) is 6.04. The maximum absolute atomic E-state index is 11.1. The summed E-state index contributed by atoms with van der Waals surface area (Å²) in [7, 11) is -3.24. The SMILES string of the molecule is CC(C)CCNC(N)=NCC(C)(C)NS(C)(=O)=O.I. The molecule has 0 aliphatic rings. The van der Waals surface area contributed by atoms with Gasteiger partial charge in [0, 0.05) is 12.1 Å². The van der Waals surface area contributed by atoms with Gasteiger partial charge in [-0.2, -0.15) is 0 Å². The molecule has 0 fully saturated rings. The number of aliphatic imine (C=N–C) groups is 1. The van der Waals surface area contributed by atoms with E-state index in [-0.39, 0.29) is 24.0 Å². The summed E-state index contributed by atoms with van der Waals surface area (Å²) in [6, 6.07) is 0. The van der Waals surface area contributed by atoms with Crippen molar-refractivity contribution in [2.75, 3.05) is 19.3 Å². The van der Waals surface area contributed by atoms with Gasteiger partial charge in [-0.1, -0.05) is 13.8 Å². The van der Waals surface area contributed by atoms with Gasteiger partial charge in [0.15, 0.2) is 5.96 Å². The van der Waals surface area contributed by atoms with Crippen LogP contribution in [0.4, 0.5) is 0 Å². The number of sulfonamides is 1. The number of halogens is 1. The van der Waals surface area contributed by atoms with Crippen molar-refractivity contribution in [3.8, 4) is 0 Å². The molecule has 6 nitrogen and oxygen atoms in total. The van der Waals surface area contributed by atoms with E-state index >= 15 is 0 Å². The lowest BCUT2D eigenvalue weighted by atomic mass is 10.1. The Labute approximate surface area is 134 Å². The molecule has 4 N–H and O–H groups in total. The first-order valence-corrected chi connectivity index (χ1v) is 7.94. The molecule has 0 atom stereocenters. The fourth-order valence-corrected chi connectivity index (χ4v) is 2.43. The minimum atomic E-state index is -3.24. The highest BCUT2D eigenvalue weighted by Crippen LogP contribution is 2.04. The summed E-state index contributed by atoms with van der Waals surface area (Å²) in [4.78, 5) is 4.13. The van der Waals surface area contributed by atoms with E-state index in [0.29, 0.717) is 18.4 Å². The number of rotatable bonds is 7. The van der Waals surface area contributed by atoms with Crippen LogP contribution in [0.5, 0.6) is 0 Å². The third-order valence-corrected chi connectivity index (χ3v) is 3.06. The Morgan fingerprint density at radius 1 is 1.37 bits per heavy atom. The first-order chi connectivity index (χ1) is 8.02. The van der Waals surface area contributed by atoms with Crippen LogP contribution in [0, 0.1) is 5.92 Å². The molecule has 116 valence electrons. The van der Waals surface area contributed by atoms with Gasteiger partial charge in [0.25, 0.3) is 0 Å². The van der Waals surface area contributed by atoms with E-state index in [2.05, 4.69) is 28.9 Å². The zero-order chi connectivity index (χ0) is 14.4. The Kier molecular flexibility index (Phi) is 10.0. The van der Waals surface area contributed by atoms with Crippen LogP contribution in [0.25, 0.3) is 0 Å². The molecule has 0 amide bonds. The molecule has 0 rings (SSSR count). The van der Waals surface area contributed by atoms with Crippen molar-refractivity contribution in [2.45, 2.75) is 39.7 Å². The quantitative estimate of drug-likeness (QED) is 0.332. The lowest BCUT2D eigenvalue weighted by Gasteiger charge is -2.22. The van der Waals surface area contributed by atoms with Crippen LogP contribution in [0.3, 0.4) is 0 Å². The lowest BCUT2D eigenvalue weighted by Crippen LogP contribution is -2.46. The maximum atomic E-state index is 11.1. The lowest BCUT2D eigenvalue weighted by molar-refractivity contribution is 0.465. The number of guanidine groups is 1. The van der Waals surface area contributed by atoms with Gasteiger partial charge in [0.2, 0.25) is 10.0 Å². The van der Waals surface area contributed by atoms with Gasteiger partial charge in [-0.15, -0.1) is 24.0 Å². The summed E-state index contributed by atoms with van der Waals surface area (Å²) in [6.07, 6.45) is 2.14. The Morgan fingerprint density at radius 3 is 2.32 bits per heavy atom. The Hall–Kier alpha value is -0.0900. The topological polar surface area (TPSA) is 96.6 Å². The Morgan fingerprint density at radius 2 is 1.89 bits per heavy atom. The average molecular weight is 406 g/mol. The molecule has 0 aliphatic heterocycles. The van der Waals surface area contributed by atoms with Crippen LogP contribution in [-0.4, -0.2) is 39.3 Å². The van der Waals surface area contributed by atoms with E-state index in [0.717, 1.165) is 19.2 Å². The van der Waals surface area contributed by atoms with Crippen LogP contribution < -0.4 is 15.8 Å². The highest BCUT2D eigenvalue weighted by atomic mass is 127. The second-order valence-electron chi connectivity index (χ2n) is 5.57. The molecule has 0 bridgehead atoms.